The molecule has 1 aromatic carbocycles. The molecule has 0 aliphatic heterocycles. The van der Waals surface area contributed by atoms with Crippen LogP contribution >= 0.6 is 0 Å². The molecule has 0 saturated heterocycles. The number of aromatic nitrogens is 2. The minimum atomic E-state index is 0.0987. The van der Waals surface area contributed by atoms with Gasteiger partial charge >= 0.3 is 0 Å². The van der Waals surface area contributed by atoms with Crippen molar-refractivity contribution in [3.8, 4) is 11.3 Å². The Bertz CT molecular complexity index is 710. The molecule has 3 rings (SSSR count). The summed E-state index contributed by atoms with van der Waals surface area (Å²) in [5, 5.41) is 11.6. The standard InChI is InChI=1S/C14H12N4O/c15-14(17-19)11-6-4-10(5-7-11)12-9-18-8-2-1-3-13(18)16-12/h1-9,19H,(H2,15,17). The summed E-state index contributed by atoms with van der Waals surface area (Å²) in [5.74, 6) is 0.0987. The smallest absolute Gasteiger partial charge is 0.170 e. The van der Waals surface area contributed by atoms with Crippen LogP contribution in [0.2, 0.25) is 0 Å². The van der Waals surface area contributed by atoms with E-state index in [0.717, 1.165) is 16.9 Å². The summed E-state index contributed by atoms with van der Waals surface area (Å²) in [6.07, 6.45) is 3.92. The number of hydrogen-bond donors (Lipinski definition) is 2. The van der Waals surface area contributed by atoms with Gasteiger partial charge in [0.1, 0.15) is 5.65 Å². The molecule has 0 fully saturated rings. The molecular formula is C14H12N4O. The van der Waals surface area contributed by atoms with Crippen molar-refractivity contribution in [1.29, 1.82) is 0 Å². The van der Waals surface area contributed by atoms with Crippen LogP contribution in [-0.4, -0.2) is 20.4 Å². The Morgan fingerprint density at radius 2 is 1.95 bits per heavy atom. The molecule has 3 aromatic rings. The molecule has 5 heteroatoms. The van der Waals surface area contributed by atoms with Crippen LogP contribution in [-0.2, 0) is 0 Å². The summed E-state index contributed by atoms with van der Waals surface area (Å²) < 4.78 is 1.97. The first kappa shape index (κ1) is 11.3. The largest absolute Gasteiger partial charge is 0.409 e. The van der Waals surface area contributed by atoms with Crippen LogP contribution in [0.25, 0.3) is 16.9 Å². The highest BCUT2D eigenvalue weighted by molar-refractivity contribution is 5.97. The van der Waals surface area contributed by atoms with Crippen molar-refractivity contribution >= 4 is 11.5 Å². The first-order valence-electron chi connectivity index (χ1n) is 5.80. The lowest BCUT2D eigenvalue weighted by Crippen LogP contribution is -2.12. The van der Waals surface area contributed by atoms with E-state index in [-0.39, 0.29) is 5.84 Å². The Morgan fingerprint density at radius 3 is 2.63 bits per heavy atom. The van der Waals surface area contributed by atoms with Crippen molar-refractivity contribution in [2.75, 3.05) is 0 Å². The normalized spacial score (nSPS) is 11.9. The maximum atomic E-state index is 8.62. The van der Waals surface area contributed by atoms with Crippen LogP contribution in [0, 0.1) is 0 Å². The first-order valence-corrected chi connectivity index (χ1v) is 5.80. The molecule has 2 heterocycles. The van der Waals surface area contributed by atoms with E-state index in [1.54, 1.807) is 12.1 Å². The molecule has 19 heavy (non-hydrogen) atoms. The number of imidazole rings is 1. The highest BCUT2D eigenvalue weighted by Crippen LogP contribution is 2.19. The second-order valence-electron chi connectivity index (χ2n) is 4.15. The SMILES string of the molecule is N/C(=N\O)c1ccc(-c2cn3ccccc3n2)cc1. The van der Waals surface area contributed by atoms with Gasteiger partial charge < -0.3 is 15.3 Å². The summed E-state index contributed by atoms with van der Waals surface area (Å²) in [6.45, 7) is 0. The van der Waals surface area contributed by atoms with Crippen molar-refractivity contribution in [2.45, 2.75) is 0 Å². The maximum absolute atomic E-state index is 8.62. The van der Waals surface area contributed by atoms with Crippen molar-refractivity contribution in [1.82, 2.24) is 9.38 Å². The van der Waals surface area contributed by atoms with Gasteiger partial charge in [-0.05, 0) is 12.1 Å². The fourth-order valence-corrected chi connectivity index (χ4v) is 1.94. The van der Waals surface area contributed by atoms with Crippen LogP contribution in [0.5, 0.6) is 0 Å². The molecule has 0 saturated carbocycles. The molecule has 0 aliphatic rings. The Hall–Kier alpha value is -2.82. The summed E-state index contributed by atoms with van der Waals surface area (Å²) in [7, 11) is 0. The van der Waals surface area contributed by atoms with Crippen molar-refractivity contribution in [2.24, 2.45) is 10.9 Å². The van der Waals surface area contributed by atoms with Gasteiger partial charge in [0.05, 0.1) is 5.69 Å². The lowest BCUT2D eigenvalue weighted by Gasteiger charge is -2.00. The quantitative estimate of drug-likeness (QED) is 0.317. The summed E-state index contributed by atoms with van der Waals surface area (Å²) in [4.78, 5) is 4.53. The molecule has 2 aromatic heterocycles. The zero-order chi connectivity index (χ0) is 13.2. The predicted molar refractivity (Wildman–Crippen MR) is 73.1 cm³/mol. The van der Waals surface area contributed by atoms with Crippen LogP contribution < -0.4 is 5.73 Å². The monoisotopic (exact) mass is 252 g/mol. The number of nitrogens with two attached hydrogens (primary N) is 1. The van der Waals surface area contributed by atoms with Crippen LogP contribution in [0.3, 0.4) is 0 Å². The van der Waals surface area contributed by atoms with Gasteiger partial charge in [0.2, 0.25) is 0 Å². The third-order valence-electron chi connectivity index (χ3n) is 2.95. The molecule has 0 bridgehead atoms. The molecule has 0 atom stereocenters. The molecular weight excluding hydrogens is 240 g/mol. The maximum Gasteiger partial charge on any atom is 0.170 e. The minimum Gasteiger partial charge on any atom is -0.409 e. The zero-order valence-corrected chi connectivity index (χ0v) is 10.1. The van der Waals surface area contributed by atoms with Gasteiger partial charge in [-0.1, -0.05) is 35.5 Å². The van der Waals surface area contributed by atoms with Crippen LogP contribution in [0.1, 0.15) is 5.56 Å². The lowest BCUT2D eigenvalue weighted by atomic mass is 10.1. The lowest BCUT2D eigenvalue weighted by molar-refractivity contribution is 0.318. The fraction of sp³-hybridized carbons (Fsp3) is 0. The number of benzene rings is 1. The average molecular weight is 252 g/mol. The second kappa shape index (κ2) is 4.45. The molecule has 0 unspecified atom stereocenters. The molecule has 0 radical (unpaired) electrons. The van der Waals surface area contributed by atoms with Gasteiger partial charge in [-0.25, -0.2) is 4.98 Å². The Morgan fingerprint density at radius 1 is 1.16 bits per heavy atom. The Labute approximate surface area is 109 Å². The number of pyridine rings is 1. The number of rotatable bonds is 2. The molecule has 94 valence electrons. The topological polar surface area (TPSA) is 75.9 Å². The third kappa shape index (κ3) is 2.01. The zero-order valence-electron chi connectivity index (χ0n) is 10.1. The summed E-state index contributed by atoms with van der Waals surface area (Å²) >= 11 is 0. The van der Waals surface area contributed by atoms with Gasteiger partial charge in [-0.2, -0.15) is 0 Å². The fourth-order valence-electron chi connectivity index (χ4n) is 1.94. The van der Waals surface area contributed by atoms with Gasteiger partial charge in [0.15, 0.2) is 5.84 Å². The van der Waals surface area contributed by atoms with Crippen molar-refractivity contribution < 1.29 is 5.21 Å². The molecule has 0 spiro atoms. The highest BCUT2D eigenvalue weighted by Gasteiger charge is 2.05. The van der Waals surface area contributed by atoms with Gasteiger partial charge in [0, 0.05) is 23.5 Å². The number of amidine groups is 1. The van der Waals surface area contributed by atoms with E-state index in [4.69, 9.17) is 10.9 Å². The van der Waals surface area contributed by atoms with E-state index < -0.39 is 0 Å². The van der Waals surface area contributed by atoms with E-state index in [9.17, 15) is 0 Å². The van der Waals surface area contributed by atoms with Gasteiger partial charge in [0.25, 0.3) is 0 Å². The van der Waals surface area contributed by atoms with E-state index in [1.807, 2.05) is 47.1 Å². The van der Waals surface area contributed by atoms with E-state index in [1.165, 1.54) is 0 Å². The van der Waals surface area contributed by atoms with Crippen molar-refractivity contribution in [3.05, 3.63) is 60.4 Å². The van der Waals surface area contributed by atoms with E-state index in [0.29, 0.717) is 5.56 Å². The number of oxime groups is 1. The van der Waals surface area contributed by atoms with Crippen LogP contribution in [0.15, 0.2) is 60.0 Å². The first-order chi connectivity index (χ1) is 9.28. The predicted octanol–water partition coefficient (Wildman–Crippen LogP) is 2.10. The van der Waals surface area contributed by atoms with Crippen LogP contribution in [0.4, 0.5) is 0 Å². The number of nitrogens with zero attached hydrogens (tertiary/aromatic N) is 3. The molecule has 0 amide bonds. The minimum absolute atomic E-state index is 0.0987. The summed E-state index contributed by atoms with van der Waals surface area (Å²) in [6, 6.07) is 13.3. The molecule has 5 nitrogen and oxygen atoms in total. The average Bonchev–Trinajstić information content (AvgIpc) is 2.90. The Kier molecular flexibility index (Phi) is 2.64. The summed E-state index contributed by atoms with van der Waals surface area (Å²) in [5.41, 5.74) is 8.97. The Balaban J connectivity index is 2.02. The molecule has 0 aliphatic carbocycles. The van der Waals surface area contributed by atoms with E-state index in [2.05, 4.69) is 10.1 Å². The number of fused-ring (bicyclic) bond motifs is 1. The molecule has 3 N–H and O–H groups in total. The van der Waals surface area contributed by atoms with Crippen molar-refractivity contribution in [3.63, 3.8) is 0 Å². The highest BCUT2D eigenvalue weighted by atomic mass is 16.4. The third-order valence-corrected chi connectivity index (χ3v) is 2.95. The van der Waals surface area contributed by atoms with Gasteiger partial charge in [-0.3, -0.25) is 0 Å². The second-order valence-corrected chi connectivity index (χ2v) is 4.15. The van der Waals surface area contributed by atoms with E-state index >= 15 is 0 Å². The van der Waals surface area contributed by atoms with Gasteiger partial charge in [-0.15, -0.1) is 0 Å². The number of hydrogen-bond acceptors (Lipinski definition) is 3.